The summed E-state index contributed by atoms with van der Waals surface area (Å²) in [4.78, 5) is 2.41. The Hall–Kier alpha value is -0.120. The maximum atomic E-state index is 5.34. The summed E-state index contributed by atoms with van der Waals surface area (Å²) < 4.78 is 5.34. The molecule has 1 N–H and O–H groups in total. The van der Waals surface area contributed by atoms with Crippen LogP contribution in [0.2, 0.25) is 0 Å². The third kappa shape index (κ3) is 2.44. The minimum atomic E-state index is 0.599. The molecule has 0 aromatic heterocycles. The van der Waals surface area contributed by atoms with Crippen LogP contribution in [0.25, 0.3) is 0 Å². The van der Waals surface area contributed by atoms with Gasteiger partial charge in [0.2, 0.25) is 0 Å². The average Bonchev–Trinajstić information content (AvgIpc) is 2.55. The summed E-state index contributed by atoms with van der Waals surface area (Å²) in [7, 11) is 4.18. The second-order valence-electron chi connectivity index (χ2n) is 3.59. The summed E-state index contributed by atoms with van der Waals surface area (Å²) in [6.45, 7) is 5.13. The summed E-state index contributed by atoms with van der Waals surface area (Å²) >= 11 is 0. The molecule has 2 unspecified atom stereocenters. The van der Waals surface area contributed by atoms with Gasteiger partial charge in [0.25, 0.3) is 0 Å². The molecule has 3 nitrogen and oxygen atoms in total. The van der Waals surface area contributed by atoms with E-state index in [1.807, 2.05) is 7.05 Å². The van der Waals surface area contributed by atoms with Crippen molar-refractivity contribution in [3.8, 4) is 0 Å². The van der Waals surface area contributed by atoms with E-state index >= 15 is 0 Å². The Kier molecular flexibility index (Phi) is 3.98. The summed E-state index contributed by atoms with van der Waals surface area (Å²) in [5.41, 5.74) is 0. The zero-order valence-corrected chi connectivity index (χ0v) is 8.34. The molecule has 12 heavy (non-hydrogen) atoms. The number of rotatable bonds is 4. The molecule has 1 aliphatic rings. The van der Waals surface area contributed by atoms with E-state index in [1.54, 1.807) is 0 Å². The van der Waals surface area contributed by atoms with Crippen molar-refractivity contribution >= 4 is 0 Å². The Morgan fingerprint density at radius 1 is 1.67 bits per heavy atom. The molecule has 1 saturated heterocycles. The molecule has 0 spiro atoms. The van der Waals surface area contributed by atoms with Gasteiger partial charge in [0.15, 0.2) is 0 Å². The number of ether oxygens (including phenoxy) is 1. The molecular formula is C9H20N2O. The van der Waals surface area contributed by atoms with Crippen LogP contribution in [0.3, 0.4) is 0 Å². The molecule has 1 aliphatic heterocycles. The molecule has 0 aromatic carbocycles. The monoisotopic (exact) mass is 172 g/mol. The molecule has 0 aliphatic carbocycles. The fraction of sp³-hybridized carbons (Fsp3) is 1.00. The van der Waals surface area contributed by atoms with Gasteiger partial charge in [-0.25, -0.2) is 0 Å². The lowest BCUT2D eigenvalue weighted by Gasteiger charge is -2.29. The van der Waals surface area contributed by atoms with E-state index < -0.39 is 0 Å². The van der Waals surface area contributed by atoms with E-state index in [1.165, 1.54) is 6.42 Å². The number of nitrogens with one attached hydrogen (secondary N) is 1. The fourth-order valence-corrected chi connectivity index (χ4v) is 1.64. The van der Waals surface area contributed by atoms with Crippen molar-refractivity contribution in [1.82, 2.24) is 10.2 Å². The third-order valence-electron chi connectivity index (χ3n) is 2.68. The van der Waals surface area contributed by atoms with Gasteiger partial charge in [-0.1, -0.05) is 0 Å². The minimum Gasteiger partial charge on any atom is -0.380 e. The molecule has 0 amide bonds. The quantitative estimate of drug-likeness (QED) is 0.661. The molecule has 0 bridgehead atoms. The summed E-state index contributed by atoms with van der Waals surface area (Å²) in [6, 6.07) is 1.23. The normalized spacial score (nSPS) is 26.5. The minimum absolute atomic E-state index is 0.599. The van der Waals surface area contributed by atoms with Gasteiger partial charge in [-0.2, -0.15) is 0 Å². The van der Waals surface area contributed by atoms with Gasteiger partial charge < -0.3 is 10.1 Å². The Bertz CT molecular complexity index is 124. The van der Waals surface area contributed by atoms with Gasteiger partial charge in [0.1, 0.15) is 0 Å². The van der Waals surface area contributed by atoms with E-state index in [2.05, 4.69) is 24.2 Å². The first kappa shape index (κ1) is 9.96. The highest BCUT2D eigenvalue weighted by molar-refractivity contribution is 4.77. The van der Waals surface area contributed by atoms with Crippen LogP contribution in [0.4, 0.5) is 0 Å². The van der Waals surface area contributed by atoms with Crippen LogP contribution in [-0.4, -0.2) is 50.8 Å². The van der Waals surface area contributed by atoms with Crippen molar-refractivity contribution in [2.45, 2.75) is 25.4 Å². The first-order valence-corrected chi connectivity index (χ1v) is 4.70. The molecule has 72 valence electrons. The number of nitrogens with zero attached hydrogens (tertiary/aromatic N) is 1. The van der Waals surface area contributed by atoms with Crippen LogP contribution >= 0.6 is 0 Å². The van der Waals surface area contributed by atoms with Crippen molar-refractivity contribution in [2.75, 3.05) is 33.9 Å². The van der Waals surface area contributed by atoms with Crippen LogP contribution in [0.5, 0.6) is 0 Å². The molecular weight excluding hydrogens is 152 g/mol. The molecule has 1 rings (SSSR count). The molecule has 0 radical (unpaired) electrons. The van der Waals surface area contributed by atoms with Crippen molar-refractivity contribution in [1.29, 1.82) is 0 Å². The highest BCUT2D eigenvalue weighted by atomic mass is 16.5. The van der Waals surface area contributed by atoms with E-state index in [9.17, 15) is 0 Å². The van der Waals surface area contributed by atoms with Crippen LogP contribution in [0, 0.1) is 0 Å². The smallest absolute Gasteiger partial charge is 0.0622 e. The predicted molar refractivity (Wildman–Crippen MR) is 50.4 cm³/mol. The van der Waals surface area contributed by atoms with Crippen LogP contribution in [0.15, 0.2) is 0 Å². The van der Waals surface area contributed by atoms with Gasteiger partial charge >= 0.3 is 0 Å². The lowest BCUT2D eigenvalue weighted by Crippen LogP contribution is -2.43. The van der Waals surface area contributed by atoms with Crippen LogP contribution in [-0.2, 0) is 4.74 Å². The lowest BCUT2D eigenvalue weighted by molar-refractivity contribution is 0.137. The third-order valence-corrected chi connectivity index (χ3v) is 2.68. The first-order chi connectivity index (χ1) is 5.75. The number of likely N-dealkylation sites (N-methyl/N-ethyl adjacent to an activating group) is 2. The fourth-order valence-electron chi connectivity index (χ4n) is 1.64. The summed E-state index contributed by atoms with van der Waals surface area (Å²) in [5.74, 6) is 0. The zero-order chi connectivity index (χ0) is 8.97. The molecule has 1 fully saturated rings. The van der Waals surface area contributed by atoms with Crippen molar-refractivity contribution in [2.24, 2.45) is 0 Å². The standard InChI is InChI=1S/C9H20N2O/c1-8(6-10-2)11(3)9-4-5-12-7-9/h8-10H,4-7H2,1-3H3. The second-order valence-corrected chi connectivity index (χ2v) is 3.59. The van der Waals surface area contributed by atoms with E-state index in [0.29, 0.717) is 12.1 Å². The van der Waals surface area contributed by atoms with Gasteiger partial charge in [-0.15, -0.1) is 0 Å². The Balaban J connectivity index is 2.29. The van der Waals surface area contributed by atoms with E-state index in [4.69, 9.17) is 4.74 Å². The molecule has 2 atom stereocenters. The highest BCUT2D eigenvalue weighted by Gasteiger charge is 2.23. The number of hydrogen-bond acceptors (Lipinski definition) is 3. The largest absolute Gasteiger partial charge is 0.380 e. The van der Waals surface area contributed by atoms with Crippen molar-refractivity contribution in [3.63, 3.8) is 0 Å². The van der Waals surface area contributed by atoms with Gasteiger partial charge in [0.05, 0.1) is 6.61 Å². The first-order valence-electron chi connectivity index (χ1n) is 4.70. The Labute approximate surface area is 75.1 Å². The molecule has 0 saturated carbocycles. The Morgan fingerprint density at radius 2 is 2.42 bits per heavy atom. The average molecular weight is 172 g/mol. The van der Waals surface area contributed by atoms with Crippen molar-refractivity contribution in [3.05, 3.63) is 0 Å². The number of hydrogen-bond donors (Lipinski definition) is 1. The highest BCUT2D eigenvalue weighted by Crippen LogP contribution is 2.12. The maximum Gasteiger partial charge on any atom is 0.0622 e. The molecule has 3 heteroatoms. The Morgan fingerprint density at radius 3 is 2.92 bits per heavy atom. The van der Waals surface area contributed by atoms with E-state index in [-0.39, 0.29) is 0 Å². The van der Waals surface area contributed by atoms with Gasteiger partial charge in [-0.05, 0) is 27.4 Å². The summed E-state index contributed by atoms with van der Waals surface area (Å²) in [6.07, 6.45) is 1.19. The van der Waals surface area contributed by atoms with E-state index in [0.717, 1.165) is 19.8 Å². The molecule has 0 aromatic rings. The zero-order valence-electron chi connectivity index (χ0n) is 8.34. The second kappa shape index (κ2) is 4.80. The summed E-state index contributed by atoms with van der Waals surface area (Å²) in [5, 5.41) is 3.19. The van der Waals surface area contributed by atoms with Gasteiger partial charge in [0, 0.05) is 25.2 Å². The van der Waals surface area contributed by atoms with Gasteiger partial charge in [-0.3, -0.25) is 4.90 Å². The predicted octanol–water partition coefficient (Wildman–Crippen LogP) is 0.315. The van der Waals surface area contributed by atoms with Crippen LogP contribution in [0.1, 0.15) is 13.3 Å². The van der Waals surface area contributed by atoms with Crippen molar-refractivity contribution < 1.29 is 4.74 Å². The SMILES string of the molecule is CNCC(C)N(C)C1CCOC1. The lowest BCUT2D eigenvalue weighted by atomic mass is 10.2. The molecule has 1 heterocycles. The van der Waals surface area contributed by atoms with Crippen LogP contribution < -0.4 is 5.32 Å². The topological polar surface area (TPSA) is 24.5 Å². The maximum absolute atomic E-state index is 5.34.